The zero-order valence-electron chi connectivity index (χ0n) is 9.81. The fourth-order valence-electron chi connectivity index (χ4n) is 3.28. The van der Waals surface area contributed by atoms with Crippen LogP contribution in [0.4, 0.5) is 0 Å². The lowest BCUT2D eigenvalue weighted by atomic mass is 9.70. The van der Waals surface area contributed by atoms with Gasteiger partial charge in [0.25, 0.3) is 5.70 Å². The van der Waals surface area contributed by atoms with Gasteiger partial charge in [-0.15, -0.1) is 0 Å². The number of allylic oxidation sites excluding steroid dienone is 8. The SMILES string of the molecule is CC(C)=C1C2=CC3C=CC=C([N+](=O)[O-])C13C=C2. The third-order valence-corrected chi connectivity index (χ3v) is 3.81. The molecule has 0 saturated heterocycles. The number of fused-ring (bicyclic) bond motifs is 1. The van der Waals surface area contributed by atoms with Crippen LogP contribution in [-0.4, -0.2) is 4.92 Å². The van der Waals surface area contributed by atoms with Gasteiger partial charge in [0, 0.05) is 12.0 Å². The van der Waals surface area contributed by atoms with Crippen molar-refractivity contribution in [2.75, 3.05) is 0 Å². The molecule has 0 heterocycles. The van der Waals surface area contributed by atoms with Gasteiger partial charge in [-0.1, -0.05) is 36.0 Å². The maximum absolute atomic E-state index is 11.3. The molecule has 17 heavy (non-hydrogen) atoms. The molecule has 0 aromatic heterocycles. The Hall–Kier alpha value is -1.90. The van der Waals surface area contributed by atoms with Crippen molar-refractivity contribution in [2.24, 2.45) is 11.3 Å². The summed E-state index contributed by atoms with van der Waals surface area (Å²) < 4.78 is 0. The van der Waals surface area contributed by atoms with Crippen LogP contribution in [-0.2, 0) is 0 Å². The molecule has 0 N–H and O–H groups in total. The average Bonchev–Trinajstić information content (AvgIpc) is 2.78. The van der Waals surface area contributed by atoms with Gasteiger partial charge in [-0.05, 0) is 25.0 Å². The molecule has 2 unspecified atom stereocenters. The molecule has 0 saturated carbocycles. The normalized spacial score (nSPS) is 32.4. The molecule has 3 nitrogen and oxygen atoms in total. The van der Waals surface area contributed by atoms with E-state index in [1.165, 1.54) is 0 Å². The van der Waals surface area contributed by atoms with E-state index < -0.39 is 5.41 Å². The highest BCUT2D eigenvalue weighted by molar-refractivity contribution is 5.66. The third-order valence-electron chi connectivity index (χ3n) is 3.81. The van der Waals surface area contributed by atoms with E-state index in [-0.39, 0.29) is 10.8 Å². The van der Waals surface area contributed by atoms with Crippen LogP contribution < -0.4 is 0 Å². The molecule has 0 aromatic carbocycles. The Morgan fingerprint density at radius 3 is 2.88 bits per heavy atom. The quantitative estimate of drug-likeness (QED) is 0.510. The van der Waals surface area contributed by atoms with Gasteiger partial charge < -0.3 is 0 Å². The van der Waals surface area contributed by atoms with Crippen molar-refractivity contribution in [1.29, 1.82) is 0 Å². The van der Waals surface area contributed by atoms with Gasteiger partial charge >= 0.3 is 0 Å². The summed E-state index contributed by atoms with van der Waals surface area (Å²) in [5.74, 6) is 0.109. The van der Waals surface area contributed by atoms with Gasteiger partial charge in [0.05, 0.1) is 4.92 Å². The highest BCUT2D eigenvalue weighted by atomic mass is 16.6. The summed E-state index contributed by atoms with van der Waals surface area (Å²) in [4.78, 5) is 11.0. The molecule has 2 atom stereocenters. The Morgan fingerprint density at radius 1 is 1.47 bits per heavy atom. The van der Waals surface area contributed by atoms with Crippen LogP contribution in [0.3, 0.4) is 0 Å². The molecule has 0 amide bonds. The maximum atomic E-state index is 11.3. The van der Waals surface area contributed by atoms with Gasteiger partial charge in [-0.2, -0.15) is 0 Å². The number of nitro groups is 1. The average molecular weight is 227 g/mol. The topological polar surface area (TPSA) is 43.1 Å². The van der Waals surface area contributed by atoms with Crippen molar-refractivity contribution in [3.05, 3.63) is 69.0 Å². The van der Waals surface area contributed by atoms with E-state index in [0.717, 1.165) is 16.7 Å². The second-order valence-electron chi connectivity index (χ2n) is 4.92. The molecule has 0 radical (unpaired) electrons. The lowest BCUT2D eigenvalue weighted by molar-refractivity contribution is -0.437. The van der Waals surface area contributed by atoms with Crippen LogP contribution in [0.1, 0.15) is 13.8 Å². The van der Waals surface area contributed by atoms with Crippen molar-refractivity contribution in [1.82, 2.24) is 0 Å². The van der Waals surface area contributed by atoms with E-state index in [1.807, 2.05) is 32.1 Å². The van der Waals surface area contributed by atoms with E-state index >= 15 is 0 Å². The minimum atomic E-state index is -0.535. The van der Waals surface area contributed by atoms with E-state index in [4.69, 9.17) is 0 Å². The minimum Gasteiger partial charge on any atom is -0.259 e. The molecular formula is C14H13NO2. The molecule has 3 aliphatic rings. The van der Waals surface area contributed by atoms with E-state index in [0.29, 0.717) is 5.70 Å². The number of nitrogens with zero attached hydrogens (tertiary/aromatic N) is 1. The van der Waals surface area contributed by atoms with E-state index in [1.54, 1.807) is 12.2 Å². The second kappa shape index (κ2) is 3.06. The molecule has 0 aliphatic heterocycles. The largest absolute Gasteiger partial charge is 0.261 e. The molecule has 1 spiro atoms. The van der Waals surface area contributed by atoms with Crippen molar-refractivity contribution in [2.45, 2.75) is 13.8 Å². The van der Waals surface area contributed by atoms with Crippen LogP contribution >= 0.6 is 0 Å². The zero-order valence-corrected chi connectivity index (χ0v) is 9.81. The third kappa shape index (κ3) is 1.06. The summed E-state index contributed by atoms with van der Waals surface area (Å²) in [6.45, 7) is 4.05. The first-order valence-electron chi connectivity index (χ1n) is 5.70. The van der Waals surface area contributed by atoms with Crippen LogP contribution in [0, 0.1) is 21.4 Å². The highest BCUT2D eigenvalue weighted by Crippen LogP contribution is 2.59. The summed E-state index contributed by atoms with van der Waals surface area (Å²) in [7, 11) is 0. The fourth-order valence-corrected chi connectivity index (χ4v) is 3.28. The first-order chi connectivity index (χ1) is 8.07. The van der Waals surface area contributed by atoms with Crippen molar-refractivity contribution in [3.8, 4) is 0 Å². The number of hydrogen-bond acceptors (Lipinski definition) is 2. The molecule has 3 aliphatic carbocycles. The Morgan fingerprint density at radius 2 is 2.24 bits per heavy atom. The predicted molar refractivity (Wildman–Crippen MR) is 65.7 cm³/mol. The van der Waals surface area contributed by atoms with Crippen LogP contribution in [0.2, 0.25) is 0 Å². The molecule has 0 fully saturated rings. The highest BCUT2D eigenvalue weighted by Gasteiger charge is 2.56. The van der Waals surface area contributed by atoms with E-state index in [9.17, 15) is 10.1 Å². The Kier molecular flexibility index (Phi) is 1.85. The van der Waals surface area contributed by atoms with Crippen molar-refractivity contribution >= 4 is 0 Å². The predicted octanol–water partition coefficient (Wildman–Crippen LogP) is 3.17. The monoisotopic (exact) mass is 227 g/mol. The zero-order chi connectivity index (χ0) is 12.2. The van der Waals surface area contributed by atoms with Gasteiger partial charge in [0.1, 0.15) is 5.41 Å². The molecule has 3 rings (SSSR count). The smallest absolute Gasteiger partial charge is 0.259 e. The number of hydrogen-bond donors (Lipinski definition) is 0. The first-order valence-corrected chi connectivity index (χ1v) is 5.70. The van der Waals surface area contributed by atoms with Crippen molar-refractivity contribution < 1.29 is 4.92 Å². The van der Waals surface area contributed by atoms with Crippen molar-refractivity contribution in [3.63, 3.8) is 0 Å². The Bertz CT molecular complexity index is 571. The standard InChI is InChI=1S/C14H13NO2/c1-9(2)13-10-6-7-14(13)11(8-10)4-3-5-12(14)15(16)17/h3-8,11H,1-2H3. The molecular weight excluding hydrogens is 214 g/mol. The Labute approximate surface area is 99.7 Å². The van der Waals surface area contributed by atoms with E-state index in [2.05, 4.69) is 6.08 Å². The first kappa shape index (κ1) is 10.3. The Balaban J connectivity index is 2.29. The summed E-state index contributed by atoms with van der Waals surface area (Å²) >= 11 is 0. The van der Waals surface area contributed by atoms with Crippen LogP contribution in [0.5, 0.6) is 0 Å². The molecule has 0 aromatic rings. The summed E-state index contributed by atoms with van der Waals surface area (Å²) in [6.07, 6.45) is 11.6. The summed E-state index contributed by atoms with van der Waals surface area (Å²) in [5, 5.41) is 11.3. The molecule has 2 bridgehead atoms. The number of rotatable bonds is 1. The van der Waals surface area contributed by atoms with Crippen LogP contribution in [0.15, 0.2) is 58.9 Å². The fraction of sp³-hybridized carbons (Fsp3) is 0.286. The van der Waals surface area contributed by atoms with Gasteiger partial charge in [-0.25, -0.2) is 0 Å². The minimum absolute atomic E-state index is 0.109. The maximum Gasteiger partial charge on any atom is 0.261 e. The summed E-state index contributed by atoms with van der Waals surface area (Å²) in [5.41, 5.74) is 3.18. The van der Waals surface area contributed by atoms with Gasteiger partial charge in [-0.3, -0.25) is 10.1 Å². The molecule has 86 valence electrons. The second-order valence-corrected chi connectivity index (χ2v) is 4.92. The van der Waals surface area contributed by atoms with Crippen LogP contribution in [0.25, 0.3) is 0 Å². The lowest BCUT2D eigenvalue weighted by Gasteiger charge is -2.30. The lowest BCUT2D eigenvalue weighted by Crippen LogP contribution is -2.32. The van der Waals surface area contributed by atoms with Gasteiger partial charge in [0.15, 0.2) is 0 Å². The molecule has 3 heteroatoms. The summed E-state index contributed by atoms with van der Waals surface area (Å²) in [6, 6.07) is 0. The van der Waals surface area contributed by atoms with Gasteiger partial charge in [0.2, 0.25) is 0 Å².